The quantitative estimate of drug-likeness (QED) is 0.743. The fraction of sp³-hybridized carbons (Fsp3) is 0.800. The lowest BCUT2D eigenvalue weighted by Gasteiger charge is -2.24. The van der Waals surface area contributed by atoms with Crippen LogP contribution >= 0.6 is 0 Å². The second-order valence-corrected chi connectivity index (χ2v) is 4.62. The average Bonchev–Trinajstić information content (AvgIpc) is 2.41. The number of nitrogens with zero attached hydrogens (tertiary/aromatic N) is 1. The first-order valence-corrected chi connectivity index (χ1v) is 5.54. The van der Waals surface area contributed by atoms with E-state index in [2.05, 4.69) is 5.32 Å². The Labute approximate surface area is 103 Å². The van der Waals surface area contributed by atoms with Crippen molar-refractivity contribution in [2.45, 2.75) is 38.5 Å². The van der Waals surface area contributed by atoms with Crippen LogP contribution in [0.5, 0.6) is 0 Å². The number of hydrogen-bond donors (Lipinski definition) is 2. The summed E-state index contributed by atoms with van der Waals surface area (Å²) < 4.78 is 38.1. The van der Waals surface area contributed by atoms with E-state index < -0.39 is 23.7 Å². The molecule has 0 aromatic heterocycles. The van der Waals surface area contributed by atoms with E-state index in [1.807, 2.05) is 13.8 Å². The summed E-state index contributed by atoms with van der Waals surface area (Å²) in [6.07, 6.45) is -4.81. The Morgan fingerprint density at radius 3 is 2.33 bits per heavy atom. The van der Waals surface area contributed by atoms with E-state index in [9.17, 15) is 22.8 Å². The van der Waals surface area contributed by atoms with Gasteiger partial charge in [-0.25, -0.2) is 4.79 Å². The average molecular weight is 267 g/mol. The van der Waals surface area contributed by atoms with E-state index in [-0.39, 0.29) is 19.1 Å². The minimum atomic E-state index is -4.81. The number of rotatable bonds is 4. The van der Waals surface area contributed by atoms with Gasteiger partial charge in [0.05, 0.1) is 0 Å². The minimum absolute atomic E-state index is 0.0888. The molecule has 8 heteroatoms. The van der Waals surface area contributed by atoms with Crippen molar-refractivity contribution in [1.29, 1.82) is 0 Å². The summed E-state index contributed by atoms with van der Waals surface area (Å²) in [5.41, 5.74) is -2.82. The minimum Gasteiger partial charge on any atom is -0.316 e. The lowest BCUT2D eigenvalue weighted by Crippen LogP contribution is -2.56. The van der Waals surface area contributed by atoms with Gasteiger partial charge >= 0.3 is 12.2 Å². The van der Waals surface area contributed by atoms with Gasteiger partial charge in [0.2, 0.25) is 5.54 Å². The van der Waals surface area contributed by atoms with Gasteiger partial charge in [0.15, 0.2) is 0 Å². The van der Waals surface area contributed by atoms with Gasteiger partial charge in [0.1, 0.15) is 0 Å². The van der Waals surface area contributed by atoms with Gasteiger partial charge in [-0.1, -0.05) is 13.8 Å². The van der Waals surface area contributed by atoms with Gasteiger partial charge in [0.25, 0.3) is 5.91 Å². The highest BCUT2D eigenvalue weighted by molar-refractivity contribution is 6.07. The van der Waals surface area contributed by atoms with Crippen molar-refractivity contribution in [1.82, 2.24) is 15.5 Å². The van der Waals surface area contributed by atoms with Crippen LogP contribution in [0.25, 0.3) is 0 Å². The standard InChI is InChI=1S/C10H16F3N3O2/c1-6(2)14-4-5-16-7(17)9(3,10(11,12)13)15-8(16)18/h6,14H,4-5H2,1-3H3,(H,15,18). The van der Waals surface area contributed by atoms with E-state index in [0.29, 0.717) is 11.8 Å². The van der Waals surface area contributed by atoms with Crippen LogP contribution < -0.4 is 10.6 Å². The Morgan fingerprint density at radius 2 is 1.94 bits per heavy atom. The molecule has 0 aliphatic carbocycles. The first-order valence-electron chi connectivity index (χ1n) is 5.54. The number of alkyl halides is 3. The first-order chi connectivity index (χ1) is 8.09. The largest absolute Gasteiger partial charge is 0.420 e. The van der Waals surface area contributed by atoms with Gasteiger partial charge in [-0.05, 0) is 6.92 Å². The number of amides is 3. The molecule has 0 aromatic rings. The number of carbonyl (C=O) groups excluding carboxylic acids is 2. The summed E-state index contributed by atoms with van der Waals surface area (Å²) in [4.78, 5) is 23.6. The molecule has 1 aliphatic rings. The Bertz CT molecular complexity index is 357. The van der Waals surface area contributed by atoms with Gasteiger partial charge in [-0.2, -0.15) is 13.2 Å². The second kappa shape index (κ2) is 4.75. The summed E-state index contributed by atoms with van der Waals surface area (Å²) in [7, 11) is 0. The molecule has 1 saturated heterocycles. The second-order valence-electron chi connectivity index (χ2n) is 4.62. The Hall–Kier alpha value is -1.31. The Morgan fingerprint density at radius 1 is 1.39 bits per heavy atom. The van der Waals surface area contributed by atoms with Crippen molar-refractivity contribution in [2.24, 2.45) is 0 Å². The molecule has 1 atom stereocenters. The van der Waals surface area contributed by atoms with Crippen molar-refractivity contribution < 1.29 is 22.8 Å². The lowest BCUT2D eigenvalue weighted by atomic mass is 10.0. The monoisotopic (exact) mass is 267 g/mol. The third kappa shape index (κ3) is 2.58. The molecular formula is C10H16F3N3O2. The molecule has 5 nitrogen and oxygen atoms in total. The van der Waals surface area contributed by atoms with Crippen LogP contribution in [-0.2, 0) is 4.79 Å². The normalized spacial score (nSPS) is 24.9. The van der Waals surface area contributed by atoms with Gasteiger partial charge in [0, 0.05) is 19.1 Å². The smallest absolute Gasteiger partial charge is 0.316 e. The summed E-state index contributed by atoms with van der Waals surface area (Å²) >= 11 is 0. The molecule has 1 rings (SSSR count). The molecule has 0 saturated carbocycles. The number of hydrogen-bond acceptors (Lipinski definition) is 3. The summed E-state index contributed by atoms with van der Waals surface area (Å²) in [6.45, 7) is 4.54. The Balaban J connectivity index is 2.74. The van der Waals surface area contributed by atoms with Crippen molar-refractivity contribution in [2.75, 3.05) is 13.1 Å². The molecule has 2 N–H and O–H groups in total. The predicted molar refractivity (Wildman–Crippen MR) is 57.8 cm³/mol. The molecule has 18 heavy (non-hydrogen) atoms. The van der Waals surface area contributed by atoms with Crippen molar-refractivity contribution >= 4 is 11.9 Å². The molecule has 1 heterocycles. The van der Waals surface area contributed by atoms with Gasteiger partial charge in [-0.3, -0.25) is 9.69 Å². The molecule has 1 aliphatic heterocycles. The SMILES string of the molecule is CC(C)NCCN1C(=O)NC(C)(C(F)(F)F)C1=O. The zero-order valence-electron chi connectivity index (χ0n) is 10.4. The molecule has 0 aromatic carbocycles. The topological polar surface area (TPSA) is 61.4 Å². The van der Waals surface area contributed by atoms with Gasteiger partial charge in [-0.15, -0.1) is 0 Å². The maximum Gasteiger partial charge on any atom is 0.420 e. The number of nitrogens with one attached hydrogen (secondary N) is 2. The van der Waals surface area contributed by atoms with Crippen LogP contribution in [0.3, 0.4) is 0 Å². The maximum atomic E-state index is 12.7. The van der Waals surface area contributed by atoms with Crippen molar-refractivity contribution in [3.05, 3.63) is 0 Å². The van der Waals surface area contributed by atoms with E-state index in [1.54, 1.807) is 5.32 Å². The third-order valence-corrected chi connectivity index (χ3v) is 2.73. The van der Waals surface area contributed by atoms with Crippen molar-refractivity contribution in [3.8, 4) is 0 Å². The fourth-order valence-corrected chi connectivity index (χ4v) is 1.56. The van der Waals surface area contributed by atoms with Crippen LogP contribution in [0.4, 0.5) is 18.0 Å². The molecular weight excluding hydrogens is 251 g/mol. The number of halogens is 3. The van der Waals surface area contributed by atoms with E-state index in [0.717, 1.165) is 0 Å². The molecule has 0 radical (unpaired) electrons. The highest BCUT2D eigenvalue weighted by atomic mass is 19.4. The fourth-order valence-electron chi connectivity index (χ4n) is 1.56. The highest BCUT2D eigenvalue weighted by Gasteiger charge is 2.64. The number of imide groups is 1. The first kappa shape index (κ1) is 14.7. The van der Waals surface area contributed by atoms with Crippen LogP contribution in [-0.4, -0.2) is 47.7 Å². The van der Waals surface area contributed by atoms with Crippen LogP contribution in [0.1, 0.15) is 20.8 Å². The summed E-state index contributed by atoms with van der Waals surface area (Å²) in [6, 6.07) is -0.884. The molecule has 0 bridgehead atoms. The highest BCUT2D eigenvalue weighted by Crippen LogP contribution is 2.34. The molecule has 104 valence electrons. The van der Waals surface area contributed by atoms with Crippen LogP contribution in [0, 0.1) is 0 Å². The number of carbonyl (C=O) groups is 2. The summed E-state index contributed by atoms with van der Waals surface area (Å²) in [5, 5.41) is 4.62. The third-order valence-electron chi connectivity index (χ3n) is 2.73. The maximum absolute atomic E-state index is 12.7. The molecule has 1 unspecified atom stereocenters. The Kier molecular flexibility index (Phi) is 3.89. The summed E-state index contributed by atoms with van der Waals surface area (Å²) in [5.74, 6) is -1.26. The van der Waals surface area contributed by atoms with Crippen molar-refractivity contribution in [3.63, 3.8) is 0 Å². The van der Waals surface area contributed by atoms with Gasteiger partial charge < -0.3 is 10.6 Å². The van der Waals surface area contributed by atoms with E-state index >= 15 is 0 Å². The van der Waals surface area contributed by atoms with E-state index in [1.165, 1.54) is 0 Å². The zero-order chi connectivity index (χ0) is 14.1. The molecule has 1 fully saturated rings. The molecule has 0 spiro atoms. The van der Waals surface area contributed by atoms with Crippen LogP contribution in [0.15, 0.2) is 0 Å². The predicted octanol–water partition coefficient (Wildman–Crippen LogP) is 0.857. The van der Waals surface area contributed by atoms with E-state index in [4.69, 9.17) is 0 Å². The lowest BCUT2D eigenvalue weighted by molar-refractivity contribution is -0.191. The molecule has 3 amide bonds. The van der Waals surface area contributed by atoms with Crippen LogP contribution in [0.2, 0.25) is 0 Å². The number of urea groups is 1. The zero-order valence-corrected chi connectivity index (χ0v) is 10.4.